The maximum Gasteiger partial charge on any atom is 0.270 e. The van der Waals surface area contributed by atoms with Gasteiger partial charge in [-0.05, 0) is 25.8 Å². The lowest BCUT2D eigenvalue weighted by atomic mass is 9.58. The summed E-state index contributed by atoms with van der Waals surface area (Å²) in [6.07, 6.45) is 3.55. The molecule has 0 bridgehead atoms. The van der Waals surface area contributed by atoms with Crippen LogP contribution in [-0.2, 0) is 4.74 Å². The van der Waals surface area contributed by atoms with Gasteiger partial charge in [0.2, 0.25) is 0 Å². The van der Waals surface area contributed by atoms with Crippen LogP contribution in [0.4, 0.5) is 0 Å². The van der Waals surface area contributed by atoms with Crippen molar-refractivity contribution in [2.75, 3.05) is 19.7 Å². The van der Waals surface area contributed by atoms with Gasteiger partial charge in [-0.25, -0.2) is 0 Å². The molecule has 2 N–H and O–H groups in total. The van der Waals surface area contributed by atoms with Gasteiger partial charge in [0.05, 0.1) is 17.8 Å². The van der Waals surface area contributed by atoms with E-state index < -0.39 is 0 Å². The van der Waals surface area contributed by atoms with E-state index in [-0.39, 0.29) is 23.5 Å². The Kier molecular flexibility index (Phi) is 3.94. The van der Waals surface area contributed by atoms with E-state index in [2.05, 4.69) is 4.98 Å². The van der Waals surface area contributed by atoms with Crippen LogP contribution in [0.3, 0.4) is 0 Å². The zero-order valence-corrected chi connectivity index (χ0v) is 12.7. The SMILES string of the molecule is CCOC1CC(O)C12CCN(C(=O)c1cc(C#N)c[nH]1)CC2. The number of rotatable bonds is 3. The van der Waals surface area contributed by atoms with E-state index in [0.29, 0.717) is 37.4 Å². The lowest BCUT2D eigenvalue weighted by molar-refractivity contribution is -0.207. The number of piperidine rings is 1. The van der Waals surface area contributed by atoms with Crippen LogP contribution in [0.2, 0.25) is 0 Å². The quantitative estimate of drug-likeness (QED) is 0.880. The third-order valence-corrected chi connectivity index (χ3v) is 5.13. The van der Waals surface area contributed by atoms with Crippen molar-refractivity contribution in [1.82, 2.24) is 9.88 Å². The van der Waals surface area contributed by atoms with Gasteiger partial charge in [0.15, 0.2) is 0 Å². The molecule has 118 valence electrons. The van der Waals surface area contributed by atoms with Gasteiger partial charge < -0.3 is 19.7 Å². The smallest absolute Gasteiger partial charge is 0.270 e. The molecule has 6 nitrogen and oxygen atoms in total. The highest BCUT2D eigenvalue weighted by atomic mass is 16.5. The Hall–Kier alpha value is -1.84. The molecule has 2 fully saturated rings. The summed E-state index contributed by atoms with van der Waals surface area (Å²) in [5, 5.41) is 19.0. The molecule has 1 saturated heterocycles. The highest BCUT2D eigenvalue weighted by molar-refractivity contribution is 5.93. The number of aliphatic hydroxyl groups excluding tert-OH is 1. The molecule has 2 atom stereocenters. The Morgan fingerprint density at radius 1 is 1.59 bits per heavy atom. The van der Waals surface area contributed by atoms with Gasteiger partial charge in [0, 0.05) is 37.7 Å². The number of nitriles is 1. The van der Waals surface area contributed by atoms with Crippen molar-refractivity contribution in [3.63, 3.8) is 0 Å². The minimum atomic E-state index is -0.322. The fraction of sp³-hybridized carbons (Fsp3) is 0.625. The molecule has 1 aromatic rings. The third-order valence-electron chi connectivity index (χ3n) is 5.13. The lowest BCUT2D eigenvalue weighted by Gasteiger charge is -2.56. The number of H-pyrrole nitrogens is 1. The van der Waals surface area contributed by atoms with Crippen molar-refractivity contribution in [2.24, 2.45) is 5.41 Å². The molecule has 6 heteroatoms. The average molecular weight is 303 g/mol. The van der Waals surface area contributed by atoms with Crippen molar-refractivity contribution < 1.29 is 14.6 Å². The van der Waals surface area contributed by atoms with E-state index in [1.165, 1.54) is 0 Å². The van der Waals surface area contributed by atoms with Crippen LogP contribution in [-0.4, -0.2) is 52.8 Å². The summed E-state index contributed by atoms with van der Waals surface area (Å²) in [6, 6.07) is 3.59. The molecule has 0 radical (unpaired) electrons. The van der Waals surface area contributed by atoms with Gasteiger partial charge in [0.25, 0.3) is 5.91 Å². The zero-order valence-electron chi connectivity index (χ0n) is 12.7. The van der Waals surface area contributed by atoms with Gasteiger partial charge in [-0.2, -0.15) is 5.26 Å². The highest BCUT2D eigenvalue weighted by Crippen LogP contribution is 2.51. The van der Waals surface area contributed by atoms with Crippen LogP contribution in [0, 0.1) is 16.7 Å². The second-order valence-corrected chi connectivity index (χ2v) is 6.13. The number of aromatic amines is 1. The van der Waals surface area contributed by atoms with E-state index in [0.717, 1.165) is 12.8 Å². The second-order valence-electron chi connectivity index (χ2n) is 6.13. The summed E-state index contributed by atoms with van der Waals surface area (Å²) >= 11 is 0. The van der Waals surface area contributed by atoms with Gasteiger partial charge in [0.1, 0.15) is 11.8 Å². The van der Waals surface area contributed by atoms with Crippen LogP contribution in [0.25, 0.3) is 0 Å². The van der Waals surface area contributed by atoms with E-state index in [1.807, 2.05) is 13.0 Å². The largest absolute Gasteiger partial charge is 0.392 e. The first kappa shape index (κ1) is 15.1. The maximum absolute atomic E-state index is 12.4. The van der Waals surface area contributed by atoms with Crippen LogP contribution in [0.5, 0.6) is 0 Å². The van der Waals surface area contributed by atoms with Crippen molar-refractivity contribution in [2.45, 2.75) is 38.4 Å². The predicted octanol–water partition coefficient (Wildman–Crippen LogP) is 1.28. The number of hydrogen-bond donors (Lipinski definition) is 2. The summed E-state index contributed by atoms with van der Waals surface area (Å²) in [7, 11) is 0. The first-order chi connectivity index (χ1) is 10.6. The summed E-state index contributed by atoms with van der Waals surface area (Å²) in [5.74, 6) is -0.0851. The number of likely N-dealkylation sites (tertiary alicyclic amines) is 1. The van der Waals surface area contributed by atoms with Crippen LogP contribution < -0.4 is 0 Å². The monoisotopic (exact) mass is 303 g/mol. The fourth-order valence-corrected chi connectivity index (χ4v) is 3.70. The Morgan fingerprint density at radius 3 is 2.86 bits per heavy atom. The molecule has 22 heavy (non-hydrogen) atoms. The van der Waals surface area contributed by atoms with Crippen LogP contribution in [0.1, 0.15) is 42.2 Å². The Bertz CT molecular complexity index is 594. The number of carbonyl (C=O) groups excluding carboxylic acids is 1. The van der Waals surface area contributed by atoms with E-state index in [9.17, 15) is 9.90 Å². The number of nitrogens with one attached hydrogen (secondary N) is 1. The molecular weight excluding hydrogens is 282 g/mol. The Morgan fingerprint density at radius 2 is 2.32 bits per heavy atom. The number of ether oxygens (including phenoxy) is 1. The molecular formula is C16H21N3O3. The van der Waals surface area contributed by atoms with Crippen molar-refractivity contribution in [1.29, 1.82) is 5.26 Å². The maximum atomic E-state index is 12.4. The van der Waals surface area contributed by atoms with E-state index in [4.69, 9.17) is 10.00 Å². The summed E-state index contributed by atoms with van der Waals surface area (Å²) in [4.78, 5) is 17.1. The Balaban J connectivity index is 1.64. The minimum absolute atomic E-state index is 0.0851. The fourth-order valence-electron chi connectivity index (χ4n) is 3.70. The molecule has 1 saturated carbocycles. The van der Waals surface area contributed by atoms with Gasteiger partial charge in [-0.3, -0.25) is 4.79 Å². The molecule has 2 aliphatic rings. The molecule has 2 unspecified atom stereocenters. The lowest BCUT2D eigenvalue weighted by Crippen LogP contribution is -2.62. The Labute approximate surface area is 129 Å². The van der Waals surface area contributed by atoms with Gasteiger partial charge >= 0.3 is 0 Å². The summed E-state index contributed by atoms with van der Waals surface area (Å²) < 4.78 is 5.73. The first-order valence-corrected chi connectivity index (χ1v) is 7.78. The number of nitrogens with zero attached hydrogens (tertiary/aromatic N) is 2. The number of aromatic nitrogens is 1. The van der Waals surface area contributed by atoms with Crippen molar-refractivity contribution in [3.8, 4) is 6.07 Å². The van der Waals surface area contributed by atoms with Crippen molar-refractivity contribution in [3.05, 3.63) is 23.5 Å². The molecule has 1 spiro atoms. The zero-order chi connectivity index (χ0) is 15.7. The molecule has 1 aliphatic heterocycles. The average Bonchev–Trinajstić information content (AvgIpc) is 3.03. The normalized spacial score (nSPS) is 26.5. The van der Waals surface area contributed by atoms with Crippen molar-refractivity contribution >= 4 is 5.91 Å². The number of amides is 1. The second kappa shape index (κ2) is 5.75. The van der Waals surface area contributed by atoms with Gasteiger partial charge in [-0.1, -0.05) is 0 Å². The first-order valence-electron chi connectivity index (χ1n) is 7.78. The summed E-state index contributed by atoms with van der Waals surface area (Å²) in [6.45, 7) is 3.84. The van der Waals surface area contributed by atoms with Crippen LogP contribution >= 0.6 is 0 Å². The number of carbonyl (C=O) groups is 1. The van der Waals surface area contributed by atoms with Gasteiger partial charge in [-0.15, -0.1) is 0 Å². The molecule has 3 rings (SSSR count). The van der Waals surface area contributed by atoms with E-state index >= 15 is 0 Å². The minimum Gasteiger partial charge on any atom is -0.392 e. The molecule has 0 aromatic carbocycles. The van der Waals surface area contributed by atoms with Crippen LogP contribution in [0.15, 0.2) is 12.3 Å². The standard InChI is InChI=1S/C16H21N3O3/c1-2-22-14-8-13(20)16(14)3-5-19(6-4-16)15(21)12-7-11(9-17)10-18-12/h7,10,13-14,18,20H,2-6,8H2,1H3. The molecule has 2 heterocycles. The summed E-state index contributed by atoms with van der Waals surface area (Å²) in [5.41, 5.74) is 0.728. The molecule has 1 aliphatic carbocycles. The number of aliphatic hydroxyl groups is 1. The topological polar surface area (TPSA) is 89.3 Å². The highest BCUT2D eigenvalue weighted by Gasteiger charge is 2.56. The molecule has 1 aromatic heterocycles. The predicted molar refractivity (Wildman–Crippen MR) is 79.1 cm³/mol. The molecule has 1 amide bonds. The number of hydrogen-bond acceptors (Lipinski definition) is 4. The van der Waals surface area contributed by atoms with E-state index in [1.54, 1.807) is 17.2 Å². The third kappa shape index (κ3) is 2.31.